The van der Waals surface area contributed by atoms with Gasteiger partial charge in [0.25, 0.3) is 0 Å². The van der Waals surface area contributed by atoms with Crippen molar-refractivity contribution in [1.29, 1.82) is 0 Å². The van der Waals surface area contributed by atoms with Crippen molar-refractivity contribution in [1.82, 2.24) is 15.3 Å². The Morgan fingerprint density at radius 3 is 2.64 bits per heavy atom. The summed E-state index contributed by atoms with van der Waals surface area (Å²) in [6, 6.07) is 20.3. The minimum Gasteiger partial charge on any atom is -0.497 e. The van der Waals surface area contributed by atoms with Crippen molar-refractivity contribution in [3.8, 4) is 34.4 Å². The molecule has 4 bridgehead atoms. The lowest BCUT2D eigenvalue weighted by Crippen LogP contribution is -2.45. The number of aromatic nitrogens is 2. The molecule has 3 aliphatic heterocycles. The number of hydrogen-bond acceptors (Lipinski definition) is 9. The molecule has 4 N–H and O–H groups in total. The Morgan fingerprint density at radius 1 is 1.02 bits per heavy atom. The van der Waals surface area contributed by atoms with Crippen molar-refractivity contribution < 1.29 is 23.1 Å². The van der Waals surface area contributed by atoms with Crippen molar-refractivity contribution in [2.75, 3.05) is 12.4 Å². The first-order valence-electron chi connectivity index (χ1n) is 14.7. The van der Waals surface area contributed by atoms with Crippen molar-refractivity contribution in [3.05, 3.63) is 101 Å². The topological polar surface area (TPSA) is 138 Å². The molecule has 1 amide bonds. The van der Waals surface area contributed by atoms with Gasteiger partial charge in [0.1, 0.15) is 23.0 Å². The van der Waals surface area contributed by atoms with E-state index in [0.29, 0.717) is 41.2 Å². The van der Waals surface area contributed by atoms with Crippen LogP contribution in [0, 0.1) is 5.92 Å². The predicted octanol–water partition coefficient (Wildman–Crippen LogP) is 5.18. The summed E-state index contributed by atoms with van der Waals surface area (Å²) < 4.78 is 25.1. The lowest BCUT2D eigenvalue weighted by Gasteiger charge is -2.28. The van der Waals surface area contributed by atoms with Crippen LogP contribution in [0.25, 0.3) is 22.9 Å². The second-order valence-corrected chi connectivity index (χ2v) is 11.9. The van der Waals surface area contributed by atoms with E-state index in [1.54, 1.807) is 13.3 Å². The zero-order valence-corrected chi connectivity index (χ0v) is 24.5. The number of hydrogen-bond donors (Lipinski definition) is 3. The molecule has 2 aromatic heterocycles. The van der Waals surface area contributed by atoms with Crippen molar-refractivity contribution >= 4 is 11.6 Å². The van der Waals surface area contributed by atoms with Crippen LogP contribution in [0.15, 0.2) is 81.8 Å². The molecule has 0 fully saturated rings. The third kappa shape index (κ3) is 3.80. The van der Waals surface area contributed by atoms with Gasteiger partial charge in [-0.3, -0.25) is 4.79 Å². The van der Waals surface area contributed by atoms with Crippen LogP contribution in [-0.2, 0) is 16.6 Å². The normalized spacial score (nSPS) is 23.1. The van der Waals surface area contributed by atoms with E-state index in [1.807, 2.05) is 68.4 Å². The Bertz CT molecular complexity index is 1910. The maximum absolute atomic E-state index is 13.3. The van der Waals surface area contributed by atoms with Gasteiger partial charge in [0.2, 0.25) is 17.7 Å². The second-order valence-electron chi connectivity index (χ2n) is 11.9. The van der Waals surface area contributed by atoms with Gasteiger partial charge in [-0.2, -0.15) is 0 Å². The molecule has 5 heterocycles. The molecule has 5 aromatic rings. The number of benzene rings is 3. The number of methoxy groups -OCH3 is 1. The first kappa shape index (κ1) is 26.5. The van der Waals surface area contributed by atoms with Crippen LogP contribution >= 0.6 is 0 Å². The Hall–Kier alpha value is -5.09. The van der Waals surface area contributed by atoms with Crippen LogP contribution in [-0.4, -0.2) is 35.3 Å². The first-order valence-corrected chi connectivity index (χ1v) is 14.7. The molecule has 0 radical (unpaired) electrons. The SMILES string of the molecule is COc1ccc(-c2cnc(-c3nc4oc3[C@@]35c6ccccc6NC3Oc3ccc(cc35)C[C@H](N)C(=O)N[C@H]4C(C)C)o2)cc1. The summed E-state index contributed by atoms with van der Waals surface area (Å²) in [6.45, 7) is 4.01. The highest BCUT2D eigenvalue weighted by Crippen LogP contribution is 2.59. The lowest BCUT2D eigenvalue weighted by atomic mass is 9.72. The van der Waals surface area contributed by atoms with E-state index in [1.165, 1.54) is 0 Å². The zero-order valence-electron chi connectivity index (χ0n) is 24.5. The maximum atomic E-state index is 13.3. The Labute approximate surface area is 253 Å². The van der Waals surface area contributed by atoms with Gasteiger partial charge in [-0.05, 0) is 59.9 Å². The minimum atomic E-state index is -0.925. The van der Waals surface area contributed by atoms with Gasteiger partial charge in [0.05, 0.1) is 19.3 Å². The Kier molecular flexibility index (Phi) is 5.86. The van der Waals surface area contributed by atoms with E-state index in [-0.39, 0.29) is 11.8 Å². The number of carbonyl (C=O) groups is 1. The van der Waals surface area contributed by atoms with E-state index in [4.69, 9.17) is 34.0 Å². The number of amides is 1. The van der Waals surface area contributed by atoms with Gasteiger partial charge in [0.15, 0.2) is 23.4 Å². The van der Waals surface area contributed by atoms with Crippen LogP contribution in [0.3, 0.4) is 0 Å². The molecule has 4 atom stereocenters. The van der Waals surface area contributed by atoms with Gasteiger partial charge in [0, 0.05) is 16.8 Å². The molecule has 3 aromatic carbocycles. The van der Waals surface area contributed by atoms with Gasteiger partial charge in [-0.1, -0.05) is 44.2 Å². The summed E-state index contributed by atoms with van der Waals surface area (Å²) in [5.41, 5.74) is 10.5. The number of carbonyl (C=O) groups excluding carboxylic acids is 1. The highest BCUT2D eigenvalue weighted by molar-refractivity contribution is 5.82. The van der Waals surface area contributed by atoms with Crippen molar-refractivity contribution in [2.45, 2.75) is 44.0 Å². The molecule has 0 aliphatic carbocycles. The molecule has 10 nitrogen and oxygen atoms in total. The van der Waals surface area contributed by atoms with E-state index in [0.717, 1.165) is 33.7 Å². The number of nitrogens with one attached hydrogen (secondary N) is 2. The average Bonchev–Trinajstić information content (AvgIpc) is 3.80. The molecule has 10 heteroatoms. The summed E-state index contributed by atoms with van der Waals surface area (Å²) in [5.74, 6) is 2.86. The van der Waals surface area contributed by atoms with Crippen LogP contribution in [0.5, 0.6) is 11.5 Å². The van der Waals surface area contributed by atoms with Crippen molar-refractivity contribution in [2.24, 2.45) is 11.7 Å². The van der Waals surface area contributed by atoms with Gasteiger partial charge >= 0.3 is 0 Å². The Balaban J connectivity index is 1.40. The smallest absolute Gasteiger partial charge is 0.249 e. The monoisotopic (exact) mass is 589 g/mol. The first-order chi connectivity index (χ1) is 21.4. The van der Waals surface area contributed by atoms with Crippen LogP contribution in [0.1, 0.15) is 48.2 Å². The van der Waals surface area contributed by atoms with E-state index in [2.05, 4.69) is 22.8 Å². The van der Waals surface area contributed by atoms with Gasteiger partial charge in [-0.15, -0.1) is 0 Å². The molecule has 3 aliphatic rings. The molecule has 222 valence electrons. The minimum absolute atomic E-state index is 0.0524. The Morgan fingerprint density at radius 2 is 1.84 bits per heavy atom. The summed E-state index contributed by atoms with van der Waals surface area (Å²) >= 11 is 0. The number of para-hydroxylation sites is 1. The fourth-order valence-electron chi connectivity index (χ4n) is 6.63. The number of oxazole rings is 2. The molecule has 0 saturated heterocycles. The molecule has 0 saturated carbocycles. The average molecular weight is 590 g/mol. The number of fused-ring (bicyclic) bond motifs is 4. The molecule has 1 unspecified atom stereocenters. The standard InChI is InChI=1S/C34H31N5O5/c1-17(2)27-32-39-28(31-36-16-26(42-31)19-9-11-20(41-3)12-10-19)29(44-32)34-21-6-4-5-7-24(21)37-33(34)43-25-13-8-18(14-22(25)34)15-23(35)30(40)38-27/h4-14,16-17,23,27,33,37H,15,35H2,1-3H3,(H,38,40)/t23-,27-,33?,34-/m0/s1. The third-order valence-electron chi connectivity index (χ3n) is 8.85. The van der Waals surface area contributed by atoms with Gasteiger partial charge in [-0.25, -0.2) is 9.97 Å². The van der Waals surface area contributed by atoms with Crippen LogP contribution in [0.2, 0.25) is 0 Å². The quantitative estimate of drug-likeness (QED) is 0.259. The van der Waals surface area contributed by atoms with Gasteiger partial charge < -0.3 is 34.7 Å². The maximum Gasteiger partial charge on any atom is 0.249 e. The fourth-order valence-corrected chi connectivity index (χ4v) is 6.63. The molecule has 44 heavy (non-hydrogen) atoms. The second kappa shape index (κ2) is 9.72. The highest BCUT2D eigenvalue weighted by atomic mass is 16.5. The molecular weight excluding hydrogens is 558 g/mol. The van der Waals surface area contributed by atoms with E-state index >= 15 is 0 Å². The van der Waals surface area contributed by atoms with Crippen molar-refractivity contribution in [3.63, 3.8) is 0 Å². The summed E-state index contributed by atoms with van der Waals surface area (Å²) in [6.07, 6.45) is 1.52. The van der Waals surface area contributed by atoms with Crippen LogP contribution in [0.4, 0.5) is 5.69 Å². The summed E-state index contributed by atoms with van der Waals surface area (Å²) in [7, 11) is 1.63. The summed E-state index contributed by atoms with van der Waals surface area (Å²) in [5, 5.41) is 6.68. The summed E-state index contributed by atoms with van der Waals surface area (Å²) in [4.78, 5) is 23.0. The highest BCUT2D eigenvalue weighted by Gasteiger charge is 2.61. The number of nitrogens with zero attached hydrogens (tertiary/aromatic N) is 2. The molecular formula is C34H31N5O5. The number of nitrogens with two attached hydrogens (primary N) is 1. The number of rotatable bonds is 4. The fraction of sp³-hybridized carbons (Fsp3) is 0.265. The molecule has 1 spiro atoms. The predicted molar refractivity (Wildman–Crippen MR) is 162 cm³/mol. The largest absolute Gasteiger partial charge is 0.497 e. The third-order valence-corrected chi connectivity index (χ3v) is 8.85. The zero-order chi connectivity index (χ0) is 30.2. The number of ether oxygens (including phenoxy) is 2. The van der Waals surface area contributed by atoms with E-state index < -0.39 is 23.7 Å². The van der Waals surface area contributed by atoms with Crippen LogP contribution < -0.4 is 25.8 Å². The van der Waals surface area contributed by atoms with E-state index in [9.17, 15) is 4.79 Å². The molecule has 8 rings (SSSR count). The lowest BCUT2D eigenvalue weighted by molar-refractivity contribution is -0.123. The number of anilines is 1.